The van der Waals surface area contributed by atoms with Crippen molar-refractivity contribution in [1.82, 2.24) is 14.4 Å². The number of sulfonamides is 1. The van der Waals surface area contributed by atoms with Crippen LogP contribution in [-0.4, -0.2) is 61.4 Å². The van der Waals surface area contributed by atoms with Crippen LogP contribution in [0.4, 0.5) is 0 Å². The molecule has 2 fully saturated rings. The Hall–Kier alpha value is -2.20. The number of hydrogen-bond donors (Lipinski definition) is 2. The third-order valence-corrected chi connectivity index (χ3v) is 7.41. The lowest BCUT2D eigenvalue weighted by Crippen LogP contribution is -2.35. The maximum absolute atomic E-state index is 12.9. The van der Waals surface area contributed by atoms with Gasteiger partial charge in [-0.1, -0.05) is 30.3 Å². The Bertz CT molecular complexity index is 1010. The highest BCUT2D eigenvalue weighted by atomic mass is 32.2. The van der Waals surface area contributed by atoms with Gasteiger partial charge < -0.3 is 20.1 Å². The second-order valence-corrected chi connectivity index (χ2v) is 9.96. The summed E-state index contributed by atoms with van der Waals surface area (Å²) in [6, 6.07) is 13.1. The van der Waals surface area contributed by atoms with E-state index in [1.54, 1.807) is 7.05 Å². The summed E-state index contributed by atoms with van der Waals surface area (Å²) in [5, 5.41) is 5.16. The van der Waals surface area contributed by atoms with Gasteiger partial charge in [0.15, 0.2) is 5.03 Å². The molecule has 0 saturated carbocycles. The van der Waals surface area contributed by atoms with Crippen LogP contribution in [0.5, 0.6) is 0 Å². The SMILES string of the molecule is Cn1c(C(=O)N2CC3CN(CC[C@H](N)c4ccccc4)CC3C2)ccc1S(N)(=O)=O. The van der Waals surface area contributed by atoms with Crippen LogP contribution in [0.25, 0.3) is 0 Å². The summed E-state index contributed by atoms with van der Waals surface area (Å²) in [6.07, 6.45) is 0.909. The molecule has 1 aromatic heterocycles. The van der Waals surface area contributed by atoms with Crippen molar-refractivity contribution in [3.63, 3.8) is 0 Å². The minimum atomic E-state index is -3.85. The van der Waals surface area contributed by atoms with Crippen LogP contribution in [0.2, 0.25) is 0 Å². The van der Waals surface area contributed by atoms with Crippen LogP contribution in [-0.2, 0) is 17.1 Å². The van der Waals surface area contributed by atoms with Gasteiger partial charge >= 0.3 is 0 Å². The quantitative estimate of drug-likeness (QED) is 0.701. The van der Waals surface area contributed by atoms with Gasteiger partial charge in [-0.25, -0.2) is 13.6 Å². The number of rotatable bonds is 6. The molecule has 4 rings (SSSR count). The molecule has 0 spiro atoms. The van der Waals surface area contributed by atoms with E-state index in [9.17, 15) is 13.2 Å². The van der Waals surface area contributed by atoms with Crippen molar-refractivity contribution < 1.29 is 13.2 Å². The van der Waals surface area contributed by atoms with Gasteiger partial charge in [0, 0.05) is 39.3 Å². The second kappa shape index (κ2) is 8.14. The van der Waals surface area contributed by atoms with Gasteiger partial charge in [-0.3, -0.25) is 4.79 Å². The van der Waals surface area contributed by atoms with E-state index >= 15 is 0 Å². The first-order valence-corrected chi connectivity index (χ1v) is 11.8. The Morgan fingerprint density at radius 2 is 1.70 bits per heavy atom. The zero-order valence-electron chi connectivity index (χ0n) is 17.1. The van der Waals surface area contributed by atoms with Crippen molar-refractivity contribution in [2.24, 2.45) is 29.8 Å². The lowest BCUT2D eigenvalue weighted by atomic mass is 10.0. The number of fused-ring (bicyclic) bond motifs is 1. The summed E-state index contributed by atoms with van der Waals surface area (Å²) in [6.45, 7) is 4.27. The van der Waals surface area contributed by atoms with Crippen molar-refractivity contribution in [3.05, 3.63) is 53.7 Å². The van der Waals surface area contributed by atoms with Gasteiger partial charge in [0.05, 0.1) is 0 Å². The summed E-state index contributed by atoms with van der Waals surface area (Å²) < 4.78 is 24.6. The molecule has 3 atom stereocenters. The molecule has 2 saturated heterocycles. The Morgan fingerprint density at radius 3 is 2.27 bits per heavy atom. The maximum atomic E-state index is 12.9. The fourth-order valence-corrected chi connectivity index (χ4v) is 5.52. The van der Waals surface area contributed by atoms with Crippen LogP contribution < -0.4 is 10.9 Å². The minimum absolute atomic E-state index is 0.0371. The van der Waals surface area contributed by atoms with Crippen LogP contribution in [0.3, 0.4) is 0 Å². The highest BCUT2D eigenvalue weighted by Crippen LogP contribution is 2.32. The molecule has 0 bridgehead atoms. The third-order valence-electron chi connectivity index (χ3n) is 6.42. The first-order valence-electron chi connectivity index (χ1n) is 10.2. The summed E-state index contributed by atoms with van der Waals surface area (Å²) in [4.78, 5) is 17.2. The van der Waals surface area contributed by atoms with Gasteiger partial charge in [0.25, 0.3) is 15.9 Å². The number of amides is 1. The van der Waals surface area contributed by atoms with Crippen LogP contribution in [0, 0.1) is 11.8 Å². The average molecular weight is 432 g/mol. The maximum Gasteiger partial charge on any atom is 0.270 e. The van der Waals surface area contributed by atoms with E-state index in [1.807, 2.05) is 23.1 Å². The Labute approximate surface area is 177 Å². The summed E-state index contributed by atoms with van der Waals surface area (Å²) >= 11 is 0. The Balaban J connectivity index is 1.31. The number of nitrogens with zero attached hydrogens (tertiary/aromatic N) is 3. The molecular formula is C21H29N5O3S. The smallest absolute Gasteiger partial charge is 0.270 e. The first kappa shape index (κ1) is 21.0. The van der Waals surface area contributed by atoms with E-state index < -0.39 is 10.0 Å². The van der Waals surface area contributed by atoms with E-state index in [-0.39, 0.29) is 17.0 Å². The van der Waals surface area contributed by atoms with Gasteiger partial charge in [-0.05, 0) is 42.5 Å². The van der Waals surface area contributed by atoms with Gasteiger partial charge in [0.2, 0.25) is 0 Å². The number of likely N-dealkylation sites (tertiary alicyclic amines) is 2. The number of hydrogen-bond acceptors (Lipinski definition) is 5. The van der Waals surface area contributed by atoms with E-state index in [0.717, 1.165) is 31.6 Å². The molecule has 30 heavy (non-hydrogen) atoms. The minimum Gasteiger partial charge on any atom is -0.337 e. The third kappa shape index (κ3) is 4.15. The number of aromatic nitrogens is 1. The van der Waals surface area contributed by atoms with Crippen molar-refractivity contribution >= 4 is 15.9 Å². The highest BCUT2D eigenvalue weighted by molar-refractivity contribution is 7.89. The Kier molecular flexibility index (Phi) is 5.71. The van der Waals surface area contributed by atoms with E-state index in [0.29, 0.717) is 30.6 Å². The fraction of sp³-hybridized carbons (Fsp3) is 0.476. The molecule has 3 heterocycles. The zero-order chi connectivity index (χ0) is 21.5. The summed E-state index contributed by atoms with van der Waals surface area (Å²) in [7, 11) is -2.29. The van der Waals surface area contributed by atoms with Crippen molar-refractivity contribution in [2.45, 2.75) is 17.5 Å². The van der Waals surface area contributed by atoms with Gasteiger partial charge in [-0.2, -0.15) is 0 Å². The average Bonchev–Trinajstić information content (AvgIpc) is 3.38. The monoisotopic (exact) mass is 431 g/mol. The Morgan fingerprint density at radius 1 is 1.07 bits per heavy atom. The van der Waals surface area contributed by atoms with Gasteiger partial charge in [-0.15, -0.1) is 0 Å². The zero-order valence-corrected chi connectivity index (χ0v) is 18.0. The summed E-state index contributed by atoms with van der Waals surface area (Å²) in [5.74, 6) is 0.749. The lowest BCUT2D eigenvalue weighted by molar-refractivity contribution is 0.0763. The molecule has 4 N–H and O–H groups in total. The predicted molar refractivity (Wildman–Crippen MR) is 114 cm³/mol. The standard InChI is InChI=1S/C21H29N5O3S/c1-24-19(7-8-20(24)30(23,28)29)21(27)26-13-16-11-25(12-17(16)14-26)10-9-18(22)15-5-3-2-4-6-15/h2-8,16-18H,9-14,22H2,1H3,(H2,23,28,29)/t16?,17?,18-/m0/s1. The highest BCUT2D eigenvalue weighted by Gasteiger charge is 2.42. The van der Waals surface area contributed by atoms with Crippen molar-refractivity contribution in [2.75, 3.05) is 32.7 Å². The number of primary sulfonamides is 1. The van der Waals surface area contributed by atoms with Crippen molar-refractivity contribution in [1.29, 1.82) is 0 Å². The molecule has 9 heteroatoms. The number of carbonyl (C=O) groups excluding carboxylic acids is 1. The molecule has 2 aliphatic heterocycles. The second-order valence-electron chi connectivity index (χ2n) is 8.46. The first-order chi connectivity index (χ1) is 14.2. The number of carbonyl (C=O) groups is 1. The molecule has 2 aromatic rings. The topological polar surface area (TPSA) is 115 Å². The van der Waals surface area contributed by atoms with Crippen LogP contribution in [0.15, 0.2) is 47.5 Å². The molecule has 1 amide bonds. The van der Waals surface area contributed by atoms with Crippen molar-refractivity contribution in [3.8, 4) is 0 Å². The van der Waals surface area contributed by atoms with E-state index in [2.05, 4.69) is 17.0 Å². The molecule has 1 aromatic carbocycles. The number of benzene rings is 1. The molecular weight excluding hydrogens is 402 g/mol. The van der Waals surface area contributed by atoms with Crippen LogP contribution >= 0.6 is 0 Å². The molecule has 8 nitrogen and oxygen atoms in total. The van der Waals surface area contributed by atoms with E-state index in [1.165, 1.54) is 16.7 Å². The van der Waals surface area contributed by atoms with Crippen LogP contribution in [0.1, 0.15) is 28.5 Å². The predicted octanol–water partition coefficient (Wildman–Crippen LogP) is 0.766. The van der Waals surface area contributed by atoms with Gasteiger partial charge in [0.1, 0.15) is 5.69 Å². The normalized spacial score (nSPS) is 23.0. The summed E-state index contributed by atoms with van der Waals surface area (Å²) in [5.41, 5.74) is 7.84. The molecule has 162 valence electrons. The lowest BCUT2D eigenvalue weighted by Gasteiger charge is -2.23. The number of nitrogens with two attached hydrogens (primary N) is 2. The molecule has 0 aliphatic carbocycles. The van der Waals surface area contributed by atoms with E-state index in [4.69, 9.17) is 10.9 Å². The molecule has 0 radical (unpaired) electrons. The molecule has 2 unspecified atom stereocenters. The fourth-order valence-electron chi connectivity index (χ4n) is 4.78. The largest absolute Gasteiger partial charge is 0.337 e. The molecule has 2 aliphatic rings.